The lowest BCUT2D eigenvalue weighted by atomic mass is 10.2. The molecule has 0 saturated heterocycles. The molecule has 0 bridgehead atoms. The van der Waals surface area contributed by atoms with Crippen LogP contribution in [0, 0.1) is 6.92 Å². The van der Waals surface area contributed by atoms with E-state index in [1.165, 1.54) is 17.1 Å². The highest BCUT2D eigenvalue weighted by molar-refractivity contribution is 6.35. The van der Waals surface area contributed by atoms with E-state index in [0.717, 1.165) is 4.68 Å². The van der Waals surface area contributed by atoms with E-state index in [1.807, 2.05) is 0 Å². The number of nitrogens with zero attached hydrogens (tertiary/aromatic N) is 5. The molecule has 0 spiro atoms. The Morgan fingerprint density at radius 2 is 1.96 bits per heavy atom. The Kier molecular flexibility index (Phi) is 5.71. The molecule has 142 valence electrons. The summed E-state index contributed by atoms with van der Waals surface area (Å²) < 4.78 is 28.3. The molecule has 3 rings (SSSR count). The Morgan fingerprint density at radius 3 is 2.63 bits per heavy atom. The van der Waals surface area contributed by atoms with Gasteiger partial charge in [-0.25, -0.2) is 18.4 Å². The molecule has 1 aromatic carbocycles. The molecule has 11 heteroatoms. The van der Waals surface area contributed by atoms with Crippen LogP contribution >= 0.6 is 23.2 Å². The number of nitrogens with one attached hydrogen (secondary N) is 1. The van der Waals surface area contributed by atoms with Gasteiger partial charge in [0, 0.05) is 15.6 Å². The molecule has 0 saturated carbocycles. The lowest BCUT2D eigenvalue weighted by Gasteiger charge is -2.07. The number of anilines is 1. The van der Waals surface area contributed by atoms with Gasteiger partial charge in [-0.05, 0) is 25.1 Å². The summed E-state index contributed by atoms with van der Waals surface area (Å²) in [5, 5.41) is 11.4. The van der Waals surface area contributed by atoms with Crippen molar-refractivity contribution in [3.8, 4) is 0 Å². The number of hydrogen-bond acceptors (Lipinski definition) is 4. The van der Waals surface area contributed by atoms with Gasteiger partial charge in [-0.3, -0.25) is 14.8 Å². The maximum atomic E-state index is 13.0. The van der Waals surface area contributed by atoms with Crippen molar-refractivity contribution in [2.75, 3.05) is 5.32 Å². The molecule has 2 aromatic heterocycles. The van der Waals surface area contributed by atoms with Crippen LogP contribution in [0.25, 0.3) is 0 Å². The van der Waals surface area contributed by atoms with Crippen molar-refractivity contribution in [2.24, 2.45) is 0 Å². The van der Waals surface area contributed by atoms with E-state index in [9.17, 15) is 13.6 Å². The van der Waals surface area contributed by atoms with Crippen LogP contribution in [-0.4, -0.2) is 30.5 Å². The number of aryl methyl sites for hydroxylation is 1. The molecule has 0 fully saturated rings. The number of aromatic nitrogens is 5. The van der Waals surface area contributed by atoms with Crippen molar-refractivity contribution >= 4 is 35.1 Å². The second-order valence-electron chi connectivity index (χ2n) is 5.68. The molecule has 0 aliphatic heterocycles. The third-order valence-electron chi connectivity index (χ3n) is 3.62. The Labute approximate surface area is 162 Å². The number of carbonyl (C=O) groups is 1. The summed E-state index contributed by atoms with van der Waals surface area (Å²) in [5.74, 6) is -0.542. The fourth-order valence-corrected chi connectivity index (χ4v) is 2.96. The van der Waals surface area contributed by atoms with Crippen molar-refractivity contribution in [3.05, 3.63) is 57.6 Å². The lowest BCUT2D eigenvalue weighted by Crippen LogP contribution is -2.21. The Bertz CT molecular complexity index is 951. The van der Waals surface area contributed by atoms with E-state index < -0.39 is 12.3 Å². The third-order valence-corrected chi connectivity index (χ3v) is 4.33. The molecule has 27 heavy (non-hydrogen) atoms. The first-order valence-corrected chi connectivity index (χ1v) is 8.53. The average molecular weight is 415 g/mol. The van der Waals surface area contributed by atoms with Crippen molar-refractivity contribution in [2.45, 2.75) is 26.4 Å². The van der Waals surface area contributed by atoms with Crippen LogP contribution in [0.3, 0.4) is 0 Å². The number of benzene rings is 1. The minimum Gasteiger partial charge on any atom is -0.292 e. The normalized spacial score (nSPS) is 11.2. The standard InChI is InChI=1S/C16H14Cl2F2N6O/c1-9-5-13(15(19)20)26(23-9)7-14(27)22-16-21-8-25(24-16)6-10-11(17)3-2-4-12(10)18/h2-5,8,15H,6-7H2,1H3,(H,22,24,27). The second-order valence-corrected chi connectivity index (χ2v) is 6.50. The van der Waals surface area contributed by atoms with Gasteiger partial charge in [0.1, 0.15) is 18.6 Å². The second kappa shape index (κ2) is 8.01. The van der Waals surface area contributed by atoms with Crippen LogP contribution in [0.15, 0.2) is 30.6 Å². The SMILES string of the molecule is Cc1cc(C(F)F)n(CC(=O)Nc2ncn(Cc3c(Cl)cccc3Cl)n2)n1. The number of alkyl halides is 2. The minimum absolute atomic E-state index is 0.0330. The van der Waals surface area contributed by atoms with Gasteiger partial charge >= 0.3 is 0 Å². The number of amides is 1. The van der Waals surface area contributed by atoms with Gasteiger partial charge in [0.2, 0.25) is 11.9 Å². The zero-order chi connectivity index (χ0) is 19.6. The Morgan fingerprint density at radius 1 is 1.26 bits per heavy atom. The Hall–Kier alpha value is -2.52. The highest BCUT2D eigenvalue weighted by atomic mass is 35.5. The van der Waals surface area contributed by atoms with Gasteiger partial charge in [-0.1, -0.05) is 29.3 Å². The van der Waals surface area contributed by atoms with E-state index in [0.29, 0.717) is 21.3 Å². The van der Waals surface area contributed by atoms with Gasteiger partial charge < -0.3 is 0 Å². The number of rotatable bonds is 6. The van der Waals surface area contributed by atoms with Gasteiger partial charge in [-0.2, -0.15) is 5.10 Å². The Balaban J connectivity index is 1.66. The third kappa shape index (κ3) is 4.61. The van der Waals surface area contributed by atoms with Crippen molar-refractivity contribution < 1.29 is 13.6 Å². The summed E-state index contributed by atoms with van der Waals surface area (Å²) in [6, 6.07) is 6.37. The van der Waals surface area contributed by atoms with Gasteiger partial charge in [0.05, 0.1) is 12.2 Å². The molecule has 0 atom stereocenters. The van der Waals surface area contributed by atoms with Crippen molar-refractivity contribution in [3.63, 3.8) is 0 Å². The maximum absolute atomic E-state index is 13.0. The monoisotopic (exact) mass is 414 g/mol. The zero-order valence-electron chi connectivity index (χ0n) is 14.0. The molecule has 1 amide bonds. The van der Waals surface area contributed by atoms with Gasteiger partial charge in [0.25, 0.3) is 6.43 Å². The molecule has 2 heterocycles. The van der Waals surface area contributed by atoms with E-state index in [2.05, 4.69) is 20.5 Å². The van der Waals surface area contributed by atoms with E-state index in [1.54, 1.807) is 25.1 Å². The first-order chi connectivity index (χ1) is 12.8. The summed E-state index contributed by atoms with van der Waals surface area (Å²) in [4.78, 5) is 16.1. The number of hydrogen-bond donors (Lipinski definition) is 1. The molecule has 0 radical (unpaired) electrons. The van der Waals surface area contributed by atoms with Gasteiger partial charge in [-0.15, -0.1) is 5.10 Å². The molecule has 3 aromatic rings. The minimum atomic E-state index is -2.73. The topological polar surface area (TPSA) is 77.6 Å². The molecule has 0 unspecified atom stereocenters. The summed E-state index contributed by atoms with van der Waals surface area (Å²) in [6.45, 7) is 1.46. The van der Waals surface area contributed by atoms with Crippen molar-refractivity contribution in [1.29, 1.82) is 0 Å². The summed E-state index contributed by atoms with van der Waals surface area (Å²) >= 11 is 12.2. The highest BCUT2D eigenvalue weighted by Crippen LogP contribution is 2.25. The average Bonchev–Trinajstić information content (AvgIpc) is 3.17. The van der Waals surface area contributed by atoms with E-state index in [-0.39, 0.29) is 24.7 Å². The summed E-state index contributed by atoms with van der Waals surface area (Å²) in [5.41, 5.74) is 0.740. The molecule has 0 aliphatic rings. The largest absolute Gasteiger partial charge is 0.292 e. The first-order valence-electron chi connectivity index (χ1n) is 7.78. The highest BCUT2D eigenvalue weighted by Gasteiger charge is 2.18. The lowest BCUT2D eigenvalue weighted by molar-refractivity contribution is -0.117. The van der Waals surface area contributed by atoms with Crippen LogP contribution in [-0.2, 0) is 17.9 Å². The molecule has 7 nitrogen and oxygen atoms in total. The van der Waals surface area contributed by atoms with E-state index >= 15 is 0 Å². The number of carbonyl (C=O) groups excluding carboxylic acids is 1. The quantitative estimate of drug-likeness (QED) is 0.666. The van der Waals surface area contributed by atoms with Crippen LogP contribution < -0.4 is 5.32 Å². The predicted molar refractivity (Wildman–Crippen MR) is 96.1 cm³/mol. The molecule has 1 N–H and O–H groups in total. The predicted octanol–water partition coefficient (Wildman–Crippen LogP) is 3.71. The number of halogens is 4. The van der Waals surface area contributed by atoms with Crippen LogP contribution in [0.4, 0.5) is 14.7 Å². The van der Waals surface area contributed by atoms with Crippen LogP contribution in [0.5, 0.6) is 0 Å². The van der Waals surface area contributed by atoms with E-state index in [4.69, 9.17) is 23.2 Å². The zero-order valence-corrected chi connectivity index (χ0v) is 15.5. The van der Waals surface area contributed by atoms with Crippen LogP contribution in [0.1, 0.15) is 23.4 Å². The molecular formula is C16H14Cl2F2N6O. The fourth-order valence-electron chi connectivity index (χ4n) is 2.44. The van der Waals surface area contributed by atoms with Crippen molar-refractivity contribution in [1.82, 2.24) is 24.5 Å². The summed E-state index contributed by atoms with van der Waals surface area (Å²) in [7, 11) is 0. The summed E-state index contributed by atoms with van der Waals surface area (Å²) in [6.07, 6.45) is -1.32. The van der Waals surface area contributed by atoms with Gasteiger partial charge in [0.15, 0.2) is 0 Å². The molecule has 0 aliphatic carbocycles. The fraction of sp³-hybridized carbons (Fsp3) is 0.250. The first kappa shape index (κ1) is 19.2. The maximum Gasteiger partial charge on any atom is 0.280 e. The van der Waals surface area contributed by atoms with Crippen LogP contribution in [0.2, 0.25) is 10.0 Å². The molecular weight excluding hydrogens is 401 g/mol. The smallest absolute Gasteiger partial charge is 0.280 e.